The van der Waals surface area contributed by atoms with Gasteiger partial charge in [0, 0.05) is 22.9 Å². The van der Waals surface area contributed by atoms with Crippen molar-refractivity contribution in [3.63, 3.8) is 0 Å². The van der Waals surface area contributed by atoms with E-state index in [-0.39, 0.29) is 5.82 Å². The maximum Gasteiger partial charge on any atom is 0.138 e. The molecule has 0 fully saturated rings. The van der Waals surface area contributed by atoms with E-state index in [0.29, 0.717) is 16.3 Å². The molecule has 0 aliphatic carbocycles. The van der Waals surface area contributed by atoms with Gasteiger partial charge in [0.15, 0.2) is 0 Å². The lowest BCUT2D eigenvalue weighted by atomic mass is 10.3. The van der Waals surface area contributed by atoms with Crippen molar-refractivity contribution >= 4 is 33.4 Å². The third kappa shape index (κ3) is 3.17. The summed E-state index contributed by atoms with van der Waals surface area (Å²) in [7, 11) is 0. The number of nitrogen functional groups attached to an aromatic ring is 1. The molecule has 2 N–H and O–H groups in total. The average molecular weight is 358 g/mol. The Morgan fingerprint density at radius 3 is 2.75 bits per heavy atom. The number of aryl methyl sites for hydroxylation is 2. The van der Waals surface area contributed by atoms with E-state index in [4.69, 9.17) is 5.73 Å². The molecule has 20 heavy (non-hydrogen) atoms. The summed E-state index contributed by atoms with van der Waals surface area (Å²) < 4.78 is 16.8. The molecule has 0 radical (unpaired) electrons. The van der Waals surface area contributed by atoms with Crippen molar-refractivity contribution in [2.75, 3.05) is 5.73 Å². The molecule has 2 rings (SSSR count). The topological polar surface area (TPSA) is 43.8 Å². The predicted octanol–water partition coefficient (Wildman–Crippen LogP) is 4.24. The van der Waals surface area contributed by atoms with Gasteiger partial charge in [-0.1, -0.05) is 6.92 Å². The summed E-state index contributed by atoms with van der Waals surface area (Å²) in [5.74, 6) is 0.395. The van der Waals surface area contributed by atoms with Crippen molar-refractivity contribution in [2.24, 2.45) is 0 Å². The van der Waals surface area contributed by atoms with Gasteiger partial charge < -0.3 is 5.73 Å². The molecule has 0 spiro atoms. The van der Waals surface area contributed by atoms with Crippen molar-refractivity contribution < 1.29 is 4.39 Å². The number of thioether (sulfide) groups is 1. The zero-order valence-corrected chi connectivity index (χ0v) is 13.9. The molecular weight excluding hydrogens is 341 g/mol. The second kappa shape index (κ2) is 6.63. The smallest absolute Gasteiger partial charge is 0.138 e. The molecule has 2 aromatic rings. The molecular formula is C14H17BrFN3S. The van der Waals surface area contributed by atoms with Gasteiger partial charge >= 0.3 is 0 Å². The molecule has 0 saturated heterocycles. The Morgan fingerprint density at radius 1 is 1.40 bits per heavy atom. The molecule has 0 amide bonds. The van der Waals surface area contributed by atoms with Crippen LogP contribution < -0.4 is 5.73 Å². The standard InChI is InChI=1S/C14H17BrFN3S/c1-3-11-14(15)12(19(4-2)18-11)8-20-13-6-5-9(17)7-10(13)16/h5-7H,3-4,8,17H2,1-2H3. The second-order valence-corrected chi connectivity index (χ2v) is 6.17. The lowest BCUT2D eigenvalue weighted by molar-refractivity contribution is 0.602. The Balaban J connectivity index is 2.20. The molecule has 3 nitrogen and oxygen atoms in total. The molecule has 0 saturated carbocycles. The summed E-state index contributed by atoms with van der Waals surface area (Å²) in [5, 5.41) is 4.54. The Morgan fingerprint density at radius 2 is 2.15 bits per heavy atom. The van der Waals surface area contributed by atoms with Crippen molar-refractivity contribution in [2.45, 2.75) is 37.5 Å². The number of hydrogen-bond acceptors (Lipinski definition) is 3. The Labute approximate surface area is 130 Å². The van der Waals surface area contributed by atoms with Gasteiger partial charge in [-0.15, -0.1) is 11.8 Å². The molecule has 0 aliphatic rings. The summed E-state index contributed by atoms with van der Waals surface area (Å²) in [4.78, 5) is 0.605. The molecule has 1 aromatic heterocycles. The predicted molar refractivity (Wildman–Crippen MR) is 85.4 cm³/mol. The summed E-state index contributed by atoms with van der Waals surface area (Å²) >= 11 is 5.05. The van der Waals surface area contributed by atoms with Gasteiger partial charge in [-0.05, 0) is 47.5 Å². The van der Waals surface area contributed by atoms with Crippen LogP contribution in [0.2, 0.25) is 0 Å². The van der Waals surface area contributed by atoms with Gasteiger partial charge in [0.25, 0.3) is 0 Å². The first kappa shape index (κ1) is 15.4. The van der Waals surface area contributed by atoms with E-state index in [0.717, 1.165) is 28.8 Å². The summed E-state index contributed by atoms with van der Waals surface area (Å²) in [6.07, 6.45) is 0.876. The largest absolute Gasteiger partial charge is 0.399 e. The van der Waals surface area contributed by atoms with E-state index in [1.165, 1.54) is 17.8 Å². The van der Waals surface area contributed by atoms with Gasteiger partial charge in [0.05, 0.1) is 15.9 Å². The van der Waals surface area contributed by atoms with Gasteiger partial charge in [-0.2, -0.15) is 5.10 Å². The lowest BCUT2D eigenvalue weighted by Gasteiger charge is -2.07. The Kier molecular flexibility index (Phi) is 5.10. The fourth-order valence-electron chi connectivity index (χ4n) is 1.94. The zero-order chi connectivity index (χ0) is 14.7. The zero-order valence-electron chi connectivity index (χ0n) is 11.5. The maximum absolute atomic E-state index is 13.8. The van der Waals surface area contributed by atoms with Crippen LogP contribution in [-0.4, -0.2) is 9.78 Å². The third-order valence-electron chi connectivity index (χ3n) is 3.01. The lowest BCUT2D eigenvalue weighted by Crippen LogP contribution is -2.02. The number of hydrogen-bond donors (Lipinski definition) is 1. The van der Waals surface area contributed by atoms with Gasteiger partial charge in [0.1, 0.15) is 5.82 Å². The van der Waals surface area contributed by atoms with E-state index < -0.39 is 0 Å². The van der Waals surface area contributed by atoms with Gasteiger partial charge in [-0.3, -0.25) is 4.68 Å². The molecule has 0 aliphatic heterocycles. The third-order valence-corrected chi connectivity index (χ3v) is 4.99. The van der Waals surface area contributed by atoms with E-state index in [1.807, 2.05) is 4.68 Å². The molecule has 108 valence electrons. The van der Waals surface area contributed by atoms with Crippen molar-refractivity contribution in [1.82, 2.24) is 9.78 Å². The van der Waals surface area contributed by atoms with E-state index in [1.54, 1.807) is 12.1 Å². The number of aromatic nitrogens is 2. The van der Waals surface area contributed by atoms with Crippen LogP contribution in [0.5, 0.6) is 0 Å². The summed E-state index contributed by atoms with van der Waals surface area (Å²) in [6.45, 7) is 4.93. The molecule has 0 bridgehead atoms. The van der Waals surface area contributed by atoms with Gasteiger partial charge in [0.2, 0.25) is 0 Å². The highest BCUT2D eigenvalue weighted by Gasteiger charge is 2.14. The Bertz CT molecular complexity index is 613. The minimum atomic E-state index is -0.274. The highest BCUT2D eigenvalue weighted by Crippen LogP contribution is 2.31. The van der Waals surface area contributed by atoms with E-state index >= 15 is 0 Å². The van der Waals surface area contributed by atoms with Crippen LogP contribution in [0, 0.1) is 5.82 Å². The van der Waals surface area contributed by atoms with Crippen molar-refractivity contribution in [3.8, 4) is 0 Å². The van der Waals surface area contributed by atoms with Crippen LogP contribution in [-0.2, 0) is 18.7 Å². The maximum atomic E-state index is 13.8. The van der Waals surface area contributed by atoms with Crippen LogP contribution >= 0.6 is 27.7 Å². The Hall–Kier alpha value is -1.01. The van der Waals surface area contributed by atoms with Crippen LogP contribution in [0.3, 0.4) is 0 Å². The highest BCUT2D eigenvalue weighted by molar-refractivity contribution is 9.10. The number of anilines is 1. The molecule has 0 unspecified atom stereocenters. The normalized spacial score (nSPS) is 11.0. The van der Waals surface area contributed by atoms with Crippen LogP contribution in [0.1, 0.15) is 25.2 Å². The molecule has 0 atom stereocenters. The number of halogens is 2. The average Bonchev–Trinajstić information content (AvgIpc) is 2.74. The SMILES string of the molecule is CCc1nn(CC)c(CSc2ccc(N)cc2F)c1Br. The molecule has 1 heterocycles. The minimum absolute atomic E-state index is 0.274. The fourth-order valence-corrected chi connectivity index (χ4v) is 3.77. The number of nitrogens with zero attached hydrogens (tertiary/aromatic N) is 2. The number of nitrogens with two attached hydrogens (primary N) is 1. The van der Waals surface area contributed by atoms with E-state index in [2.05, 4.69) is 34.9 Å². The first-order valence-electron chi connectivity index (χ1n) is 6.48. The van der Waals surface area contributed by atoms with Crippen molar-refractivity contribution in [3.05, 3.63) is 39.9 Å². The van der Waals surface area contributed by atoms with Crippen LogP contribution in [0.15, 0.2) is 27.6 Å². The van der Waals surface area contributed by atoms with Crippen LogP contribution in [0.25, 0.3) is 0 Å². The second-order valence-electron chi connectivity index (χ2n) is 4.36. The summed E-state index contributed by atoms with van der Waals surface area (Å²) in [6, 6.07) is 4.79. The number of rotatable bonds is 5. The molecule has 6 heteroatoms. The minimum Gasteiger partial charge on any atom is -0.399 e. The number of benzene rings is 1. The monoisotopic (exact) mass is 357 g/mol. The van der Waals surface area contributed by atoms with E-state index in [9.17, 15) is 4.39 Å². The first-order valence-corrected chi connectivity index (χ1v) is 8.26. The van der Waals surface area contributed by atoms with Gasteiger partial charge in [-0.25, -0.2) is 4.39 Å². The quantitative estimate of drug-likeness (QED) is 0.642. The first-order chi connectivity index (χ1) is 9.56. The van der Waals surface area contributed by atoms with Crippen LogP contribution in [0.4, 0.5) is 10.1 Å². The fraction of sp³-hybridized carbons (Fsp3) is 0.357. The molecule has 1 aromatic carbocycles. The highest BCUT2D eigenvalue weighted by atomic mass is 79.9. The summed E-state index contributed by atoms with van der Waals surface area (Å²) in [5.41, 5.74) is 8.13. The van der Waals surface area contributed by atoms with Crippen molar-refractivity contribution in [1.29, 1.82) is 0 Å².